The first kappa shape index (κ1) is 23.8. The van der Waals surface area contributed by atoms with Crippen molar-refractivity contribution in [3.8, 4) is 22.5 Å². The lowest BCUT2D eigenvalue weighted by molar-refractivity contribution is 1.01. The van der Waals surface area contributed by atoms with E-state index >= 15 is 0 Å². The van der Waals surface area contributed by atoms with Crippen LogP contribution in [0.1, 0.15) is 0 Å². The maximum absolute atomic E-state index is 14.3. The molecule has 0 N–H and O–H groups in total. The Morgan fingerprint density at radius 2 is 0.907 bits per heavy atom. The van der Waals surface area contributed by atoms with E-state index in [9.17, 15) is 4.79 Å². The Balaban J connectivity index is 1.47. The van der Waals surface area contributed by atoms with Crippen molar-refractivity contribution in [2.24, 2.45) is 0 Å². The molecular weight excluding hydrogens is 526 g/mol. The van der Waals surface area contributed by atoms with E-state index in [4.69, 9.17) is 0 Å². The zero-order valence-corrected chi connectivity index (χ0v) is 23.2. The summed E-state index contributed by atoms with van der Waals surface area (Å²) in [6.45, 7) is 0. The van der Waals surface area contributed by atoms with Crippen molar-refractivity contribution < 1.29 is 0 Å². The fraction of sp³-hybridized carbons (Fsp3) is 0. The zero-order valence-electron chi connectivity index (χ0n) is 23.2. The second kappa shape index (κ2) is 9.07. The Kier molecular flexibility index (Phi) is 5.02. The number of para-hydroxylation sites is 5. The molecule has 6 aromatic carbocycles. The number of nitrogens with zero attached hydrogens (tertiary/aromatic N) is 3. The van der Waals surface area contributed by atoms with Gasteiger partial charge in [-0.3, -0.25) is 13.8 Å². The van der Waals surface area contributed by atoms with Gasteiger partial charge in [0.25, 0.3) is 5.56 Å². The van der Waals surface area contributed by atoms with Crippen LogP contribution >= 0.6 is 0 Å². The summed E-state index contributed by atoms with van der Waals surface area (Å²) in [7, 11) is 0. The Morgan fingerprint density at radius 1 is 0.395 bits per heavy atom. The molecule has 43 heavy (non-hydrogen) atoms. The van der Waals surface area contributed by atoms with E-state index < -0.39 is 0 Å². The molecule has 202 valence electrons. The van der Waals surface area contributed by atoms with Crippen LogP contribution in [0.5, 0.6) is 0 Å². The molecule has 3 heterocycles. The number of hydrogen-bond acceptors (Lipinski definition) is 1. The summed E-state index contributed by atoms with van der Waals surface area (Å²) < 4.78 is 6.47. The lowest BCUT2D eigenvalue weighted by Crippen LogP contribution is -2.21. The van der Waals surface area contributed by atoms with E-state index in [1.165, 1.54) is 16.3 Å². The third-order valence-corrected chi connectivity index (χ3v) is 8.63. The fourth-order valence-electron chi connectivity index (χ4n) is 6.83. The summed E-state index contributed by atoms with van der Waals surface area (Å²) in [5.41, 5.74) is 9.21. The first-order chi connectivity index (χ1) is 21.3. The van der Waals surface area contributed by atoms with Gasteiger partial charge >= 0.3 is 0 Å². The molecule has 0 spiro atoms. The second-order valence-corrected chi connectivity index (χ2v) is 11.0. The van der Waals surface area contributed by atoms with E-state index in [0.717, 1.165) is 50.1 Å². The second-order valence-electron chi connectivity index (χ2n) is 11.0. The third-order valence-electron chi connectivity index (χ3n) is 8.63. The smallest absolute Gasteiger partial charge is 0.266 e. The number of fused-ring (bicyclic) bond motifs is 8. The monoisotopic (exact) mass is 551 g/mol. The molecular formula is C39H25N3O. The van der Waals surface area contributed by atoms with Crippen molar-refractivity contribution in [3.05, 3.63) is 162 Å². The van der Waals surface area contributed by atoms with Crippen molar-refractivity contribution >= 4 is 49.3 Å². The van der Waals surface area contributed by atoms with Gasteiger partial charge in [-0.05, 0) is 66.2 Å². The topological polar surface area (TPSA) is 31.3 Å². The van der Waals surface area contributed by atoms with Gasteiger partial charge in [0.1, 0.15) is 5.65 Å². The molecule has 0 radical (unpaired) electrons. The highest BCUT2D eigenvalue weighted by Crippen LogP contribution is 2.41. The number of aromatic nitrogens is 3. The van der Waals surface area contributed by atoms with Crippen LogP contribution in [0.15, 0.2) is 156 Å². The van der Waals surface area contributed by atoms with Crippen LogP contribution in [-0.4, -0.2) is 13.5 Å². The van der Waals surface area contributed by atoms with Gasteiger partial charge in [0.05, 0.1) is 33.1 Å². The molecule has 9 aromatic rings. The van der Waals surface area contributed by atoms with Crippen molar-refractivity contribution in [1.82, 2.24) is 13.5 Å². The Hall–Kier alpha value is -5.87. The maximum atomic E-state index is 14.3. The fourth-order valence-corrected chi connectivity index (χ4v) is 6.83. The average Bonchev–Trinajstić information content (AvgIpc) is 3.59. The van der Waals surface area contributed by atoms with Crippen molar-refractivity contribution in [1.29, 1.82) is 0 Å². The Labute approximate surface area is 246 Å². The largest absolute Gasteiger partial charge is 0.309 e. The number of rotatable bonds is 3. The van der Waals surface area contributed by atoms with E-state index in [1.54, 1.807) is 0 Å². The molecule has 3 aromatic heterocycles. The van der Waals surface area contributed by atoms with Crippen LogP contribution in [0, 0.1) is 0 Å². The summed E-state index contributed by atoms with van der Waals surface area (Å²) >= 11 is 0. The average molecular weight is 552 g/mol. The van der Waals surface area contributed by atoms with Crippen LogP contribution in [0.2, 0.25) is 0 Å². The van der Waals surface area contributed by atoms with E-state index in [1.807, 2.05) is 59.2 Å². The summed E-state index contributed by atoms with van der Waals surface area (Å²) in [6, 6.07) is 52.2. The van der Waals surface area contributed by atoms with Crippen LogP contribution in [0.25, 0.3) is 71.8 Å². The summed E-state index contributed by atoms with van der Waals surface area (Å²) in [5, 5.41) is 4.17. The minimum absolute atomic E-state index is 0.0277. The highest BCUT2D eigenvalue weighted by molar-refractivity contribution is 6.13. The van der Waals surface area contributed by atoms with E-state index in [0.29, 0.717) is 5.39 Å². The minimum Gasteiger partial charge on any atom is -0.309 e. The summed E-state index contributed by atoms with van der Waals surface area (Å²) in [6.07, 6.45) is 0. The zero-order chi connectivity index (χ0) is 28.5. The van der Waals surface area contributed by atoms with Crippen LogP contribution in [0.4, 0.5) is 0 Å². The van der Waals surface area contributed by atoms with Crippen molar-refractivity contribution in [2.45, 2.75) is 0 Å². The van der Waals surface area contributed by atoms with Gasteiger partial charge in [-0.15, -0.1) is 0 Å². The standard InChI is InChI=1S/C39H25N3O/c43-39-31-19-9-12-22-35(31)42-34-21-11-8-18-30(34)37(38(42)41(39)28-15-5-2-6-16-28)26-23-24-36-32(25-26)29-17-7-10-20-33(29)40(36)27-13-3-1-4-14-27/h1-25H. The highest BCUT2D eigenvalue weighted by atomic mass is 16.1. The maximum Gasteiger partial charge on any atom is 0.266 e. The normalized spacial score (nSPS) is 11.8. The van der Waals surface area contributed by atoms with Gasteiger partial charge in [0.15, 0.2) is 0 Å². The minimum atomic E-state index is -0.0277. The molecule has 0 aliphatic heterocycles. The molecule has 0 atom stereocenters. The van der Waals surface area contributed by atoms with Crippen LogP contribution in [0.3, 0.4) is 0 Å². The molecule has 0 unspecified atom stereocenters. The van der Waals surface area contributed by atoms with Gasteiger partial charge in [-0.1, -0.05) is 91.0 Å². The van der Waals surface area contributed by atoms with Crippen LogP contribution < -0.4 is 5.56 Å². The van der Waals surface area contributed by atoms with Gasteiger partial charge in [0, 0.05) is 27.4 Å². The Bertz CT molecular complexity index is 2570. The summed E-state index contributed by atoms with van der Waals surface area (Å²) in [4.78, 5) is 14.3. The first-order valence-corrected chi connectivity index (χ1v) is 14.5. The van der Waals surface area contributed by atoms with Crippen molar-refractivity contribution in [3.63, 3.8) is 0 Å². The SMILES string of the molecule is O=c1c2ccccc2n2c3ccccc3c(-c3ccc4c(c3)c3ccccc3n4-c3ccccc3)c2n1-c1ccccc1. The van der Waals surface area contributed by atoms with Gasteiger partial charge in [0.2, 0.25) is 0 Å². The molecule has 9 rings (SSSR count). The van der Waals surface area contributed by atoms with E-state index in [2.05, 4.69) is 106 Å². The van der Waals surface area contributed by atoms with E-state index in [-0.39, 0.29) is 5.56 Å². The first-order valence-electron chi connectivity index (χ1n) is 14.5. The third kappa shape index (κ3) is 3.35. The predicted molar refractivity (Wildman–Crippen MR) is 178 cm³/mol. The molecule has 0 bridgehead atoms. The molecule has 0 saturated heterocycles. The predicted octanol–water partition coefficient (Wildman–Crippen LogP) is 9.16. The quantitative estimate of drug-likeness (QED) is 0.215. The van der Waals surface area contributed by atoms with Crippen LogP contribution in [-0.2, 0) is 0 Å². The highest BCUT2D eigenvalue weighted by Gasteiger charge is 2.22. The number of hydrogen-bond donors (Lipinski definition) is 0. The lowest BCUT2D eigenvalue weighted by Gasteiger charge is -2.14. The molecule has 4 heteroatoms. The number of benzene rings is 6. The molecule has 0 amide bonds. The van der Waals surface area contributed by atoms with Gasteiger partial charge in [-0.2, -0.15) is 0 Å². The molecule has 0 fully saturated rings. The van der Waals surface area contributed by atoms with Gasteiger partial charge < -0.3 is 4.57 Å². The van der Waals surface area contributed by atoms with Gasteiger partial charge in [-0.25, -0.2) is 0 Å². The molecule has 4 nitrogen and oxygen atoms in total. The molecule has 0 aliphatic carbocycles. The lowest BCUT2D eigenvalue weighted by atomic mass is 10.0. The Morgan fingerprint density at radius 3 is 1.60 bits per heavy atom. The summed E-state index contributed by atoms with van der Waals surface area (Å²) in [5.74, 6) is 0. The van der Waals surface area contributed by atoms with Crippen molar-refractivity contribution in [2.75, 3.05) is 0 Å². The molecule has 0 aliphatic rings. The molecule has 0 saturated carbocycles.